The summed E-state index contributed by atoms with van der Waals surface area (Å²) < 4.78 is 5.40. The van der Waals surface area contributed by atoms with Gasteiger partial charge in [0.15, 0.2) is 0 Å². The lowest BCUT2D eigenvalue weighted by atomic mass is 10.1. The first-order valence-corrected chi connectivity index (χ1v) is 9.53. The zero-order valence-corrected chi connectivity index (χ0v) is 16.2. The lowest BCUT2D eigenvalue weighted by molar-refractivity contribution is -0.124. The molecule has 1 fully saturated rings. The molecule has 152 valence electrons. The van der Waals surface area contributed by atoms with E-state index in [-0.39, 0.29) is 6.09 Å². The third-order valence-corrected chi connectivity index (χ3v) is 4.76. The van der Waals surface area contributed by atoms with Crippen LogP contribution in [-0.4, -0.2) is 53.2 Å². The average Bonchev–Trinajstić information content (AvgIpc) is 2.78. The lowest BCUT2D eigenvalue weighted by Crippen LogP contribution is -2.48. The molecule has 1 aliphatic heterocycles. The number of amides is 2. The van der Waals surface area contributed by atoms with E-state index >= 15 is 0 Å². The van der Waals surface area contributed by atoms with Gasteiger partial charge in [-0.2, -0.15) is 0 Å². The molecule has 1 heterocycles. The number of benzene rings is 2. The number of nitrogens with one attached hydrogen (secondary N) is 1. The standard InChI is InChI=1S/C22H25N3O4/c26-21(23-28)11-10-18-6-8-19(9-7-18)16-24-12-14-25(15-13-24)22(27)29-17-20-4-2-1-3-5-20/h1-11,28H,12-17H2,(H,23,26). The largest absolute Gasteiger partial charge is 0.445 e. The van der Waals surface area contributed by atoms with E-state index in [1.807, 2.05) is 54.6 Å². The van der Waals surface area contributed by atoms with Crippen molar-refractivity contribution in [3.05, 3.63) is 77.4 Å². The first-order chi connectivity index (χ1) is 14.1. The van der Waals surface area contributed by atoms with Crippen LogP contribution in [0.2, 0.25) is 0 Å². The van der Waals surface area contributed by atoms with Crippen molar-refractivity contribution in [2.45, 2.75) is 13.2 Å². The van der Waals surface area contributed by atoms with Crippen LogP contribution in [0.25, 0.3) is 6.08 Å². The number of carbonyl (C=O) groups excluding carboxylic acids is 2. The van der Waals surface area contributed by atoms with E-state index in [0.29, 0.717) is 19.7 Å². The highest BCUT2D eigenvalue weighted by Gasteiger charge is 2.22. The van der Waals surface area contributed by atoms with Gasteiger partial charge in [0.2, 0.25) is 0 Å². The molecule has 0 bridgehead atoms. The summed E-state index contributed by atoms with van der Waals surface area (Å²) in [6.07, 6.45) is 2.64. The first kappa shape index (κ1) is 20.6. The van der Waals surface area contributed by atoms with Gasteiger partial charge in [-0.25, -0.2) is 10.3 Å². The maximum absolute atomic E-state index is 12.2. The van der Waals surface area contributed by atoms with Crippen molar-refractivity contribution in [1.29, 1.82) is 0 Å². The van der Waals surface area contributed by atoms with Gasteiger partial charge in [0.05, 0.1) is 0 Å². The Morgan fingerprint density at radius 2 is 1.66 bits per heavy atom. The highest BCUT2D eigenvalue weighted by molar-refractivity contribution is 5.90. The average molecular weight is 395 g/mol. The fraction of sp³-hybridized carbons (Fsp3) is 0.273. The van der Waals surface area contributed by atoms with E-state index in [1.165, 1.54) is 6.08 Å². The quantitative estimate of drug-likeness (QED) is 0.446. The molecule has 2 N–H and O–H groups in total. The molecule has 0 aliphatic carbocycles. The van der Waals surface area contributed by atoms with E-state index in [1.54, 1.807) is 16.5 Å². The Morgan fingerprint density at radius 1 is 0.966 bits per heavy atom. The van der Waals surface area contributed by atoms with Crippen molar-refractivity contribution < 1.29 is 19.5 Å². The van der Waals surface area contributed by atoms with Crippen LogP contribution in [0.4, 0.5) is 4.79 Å². The molecule has 2 aromatic rings. The zero-order valence-electron chi connectivity index (χ0n) is 16.2. The van der Waals surface area contributed by atoms with E-state index in [2.05, 4.69) is 4.90 Å². The molecule has 0 radical (unpaired) electrons. The Labute approximate surface area is 170 Å². The minimum atomic E-state index is -0.561. The van der Waals surface area contributed by atoms with Crippen LogP contribution < -0.4 is 5.48 Å². The molecular weight excluding hydrogens is 370 g/mol. The smallest absolute Gasteiger partial charge is 0.410 e. The van der Waals surface area contributed by atoms with Gasteiger partial charge >= 0.3 is 6.09 Å². The third kappa shape index (κ3) is 6.44. The summed E-state index contributed by atoms with van der Waals surface area (Å²) in [6.45, 7) is 3.96. The second-order valence-corrected chi connectivity index (χ2v) is 6.85. The third-order valence-electron chi connectivity index (χ3n) is 4.76. The van der Waals surface area contributed by atoms with Crippen LogP contribution in [0, 0.1) is 0 Å². The minimum Gasteiger partial charge on any atom is -0.445 e. The topological polar surface area (TPSA) is 82.1 Å². The Balaban J connectivity index is 1.42. The van der Waals surface area contributed by atoms with Crippen molar-refractivity contribution in [2.24, 2.45) is 0 Å². The van der Waals surface area contributed by atoms with Crippen LogP contribution in [0.1, 0.15) is 16.7 Å². The molecule has 0 unspecified atom stereocenters. The summed E-state index contributed by atoms with van der Waals surface area (Å²) in [6, 6.07) is 17.5. The number of piperazine rings is 1. The molecule has 1 aliphatic rings. The summed E-state index contributed by atoms with van der Waals surface area (Å²) in [5.41, 5.74) is 4.58. The van der Waals surface area contributed by atoms with Crippen molar-refractivity contribution in [1.82, 2.24) is 15.3 Å². The summed E-state index contributed by atoms with van der Waals surface area (Å²) in [4.78, 5) is 27.3. The van der Waals surface area contributed by atoms with Crippen LogP contribution in [0.3, 0.4) is 0 Å². The first-order valence-electron chi connectivity index (χ1n) is 9.53. The van der Waals surface area contributed by atoms with E-state index in [9.17, 15) is 9.59 Å². The second kappa shape index (κ2) is 10.4. The molecule has 0 spiro atoms. The maximum Gasteiger partial charge on any atom is 0.410 e. The van der Waals surface area contributed by atoms with Gasteiger partial charge in [-0.3, -0.25) is 14.9 Å². The number of nitrogens with zero attached hydrogens (tertiary/aromatic N) is 2. The predicted octanol–water partition coefficient (Wildman–Crippen LogP) is 2.66. The minimum absolute atomic E-state index is 0.267. The number of hydrogen-bond acceptors (Lipinski definition) is 5. The summed E-state index contributed by atoms with van der Waals surface area (Å²) in [5.74, 6) is -0.561. The van der Waals surface area contributed by atoms with Gasteiger partial charge < -0.3 is 9.64 Å². The van der Waals surface area contributed by atoms with Gasteiger partial charge in [-0.15, -0.1) is 0 Å². The molecule has 7 heteroatoms. The molecule has 0 aromatic heterocycles. The number of rotatable bonds is 6. The number of carbonyl (C=O) groups is 2. The Morgan fingerprint density at radius 3 is 2.31 bits per heavy atom. The molecule has 2 aromatic carbocycles. The second-order valence-electron chi connectivity index (χ2n) is 6.85. The monoisotopic (exact) mass is 395 g/mol. The Hall–Kier alpha value is -3.16. The molecule has 1 saturated heterocycles. The van der Waals surface area contributed by atoms with Crippen LogP contribution in [0.15, 0.2) is 60.7 Å². The highest BCUT2D eigenvalue weighted by Crippen LogP contribution is 2.12. The van der Waals surface area contributed by atoms with Gasteiger partial charge in [0.25, 0.3) is 5.91 Å². The summed E-state index contributed by atoms with van der Waals surface area (Å²) in [5, 5.41) is 8.49. The highest BCUT2D eigenvalue weighted by atomic mass is 16.6. The Kier molecular flexibility index (Phi) is 7.38. The Bertz CT molecular complexity index is 829. The van der Waals surface area contributed by atoms with Crippen molar-refractivity contribution >= 4 is 18.1 Å². The van der Waals surface area contributed by atoms with Crippen molar-refractivity contribution in [2.75, 3.05) is 26.2 Å². The van der Waals surface area contributed by atoms with Gasteiger partial charge in [0, 0.05) is 38.8 Å². The van der Waals surface area contributed by atoms with E-state index < -0.39 is 5.91 Å². The molecule has 0 saturated carbocycles. The van der Waals surface area contributed by atoms with Gasteiger partial charge in [-0.05, 0) is 22.8 Å². The molecule has 7 nitrogen and oxygen atoms in total. The van der Waals surface area contributed by atoms with E-state index in [0.717, 1.165) is 36.3 Å². The molecule has 29 heavy (non-hydrogen) atoms. The summed E-state index contributed by atoms with van der Waals surface area (Å²) >= 11 is 0. The molecule has 3 rings (SSSR count). The molecule has 2 amide bonds. The summed E-state index contributed by atoms with van der Waals surface area (Å²) in [7, 11) is 0. The fourth-order valence-corrected chi connectivity index (χ4v) is 3.10. The number of ether oxygens (including phenoxy) is 1. The predicted molar refractivity (Wildman–Crippen MR) is 109 cm³/mol. The van der Waals surface area contributed by atoms with Crippen LogP contribution >= 0.6 is 0 Å². The number of hydrogen-bond donors (Lipinski definition) is 2. The fourth-order valence-electron chi connectivity index (χ4n) is 3.10. The van der Waals surface area contributed by atoms with Crippen molar-refractivity contribution in [3.8, 4) is 0 Å². The number of hydroxylamine groups is 1. The lowest BCUT2D eigenvalue weighted by Gasteiger charge is -2.34. The van der Waals surface area contributed by atoms with Crippen LogP contribution in [-0.2, 0) is 22.7 Å². The maximum atomic E-state index is 12.2. The SMILES string of the molecule is O=C(C=Cc1ccc(CN2CCN(C(=O)OCc3ccccc3)CC2)cc1)NO. The normalized spacial score (nSPS) is 14.7. The van der Waals surface area contributed by atoms with Gasteiger partial charge in [0.1, 0.15) is 6.61 Å². The van der Waals surface area contributed by atoms with Crippen LogP contribution in [0.5, 0.6) is 0 Å². The van der Waals surface area contributed by atoms with E-state index in [4.69, 9.17) is 9.94 Å². The van der Waals surface area contributed by atoms with Crippen molar-refractivity contribution in [3.63, 3.8) is 0 Å². The van der Waals surface area contributed by atoms with Gasteiger partial charge in [-0.1, -0.05) is 54.6 Å². The molecular formula is C22H25N3O4. The molecule has 0 atom stereocenters. The zero-order chi connectivity index (χ0) is 20.5.